The van der Waals surface area contributed by atoms with Crippen molar-refractivity contribution in [1.82, 2.24) is 0 Å². The Bertz CT molecular complexity index is 1480. The number of rotatable bonds is 57. The van der Waals surface area contributed by atoms with Gasteiger partial charge in [-0.1, -0.05) is 253 Å². The minimum absolute atomic E-state index is 0.0955. The molecule has 0 spiro atoms. The molecule has 0 saturated carbocycles. The van der Waals surface area contributed by atoms with Gasteiger partial charge in [-0.2, -0.15) is 0 Å². The fourth-order valence-corrected chi connectivity index (χ4v) is 8.72. The molecular formula is C69H118O6. The van der Waals surface area contributed by atoms with Gasteiger partial charge in [0.25, 0.3) is 0 Å². The van der Waals surface area contributed by atoms with Crippen LogP contribution in [-0.2, 0) is 28.6 Å². The smallest absolute Gasteiger partial charge is 0.306 e. The molecule has 0 aliphatic heterocycles. The monoisotopic (exact) mass is 1040 g/mol. The van der Waals surface area contributed by atoms with E-state index in [0.717, 1.165) is 109 Å². The summed E-state index contributed by atoms with van der Waals surface area (Å²) in [6.07, 6.45) is 84.0. The van der Waals surface area contributed by atoms with Crippen molar-refractivity contribution in [2.75, 3.05) is 13.2 Å². The van der Waals surface area contributed by atoms with Crippen molar-refractivity contribution in [3.05, 3.63) is 97.2 Å². The Balaban J connectivity index is 4.48. The minimum Gasteiger partial charge on any atom is -0.462 e. The highest BCUT2D eigenvalue weighted by molar-refractivity contribution is 5.71. The van der Waals surface area contributed by atoms with E-state index < -0.39 is 6.10 Å². The summed E-state index contributed by atoms with van der Waals surface area (Å²) in [7, 11) is 0. The summed E-state index contributed by atoms with van der Waals surface area (Å²) >= 11 is 0. The fourth-order valence-electron chi connectivity index (χ4n) is 8.72. The molecule has 0 rings (SSSR count). The van der Waals surface area contributed by atoms with E-state index in [0.29, 0.717) is 19.3 Å². The summed E-state index contributed by atoms with van der Waals surface area (Å²) < 4.78 is 16.9. The van der Waals surface area contributed by atoms with Crippen molar-refractivity contribution in [2.24, 2.45) is 0 Å². The zero-order valence-electron chi connectivity index (χ0n) is 49.3. The maximum absolute atomic E-state index is 12.9. The summed E-state index contributed by atoms with van der Waals surface area (Å²) in [4.78, 5) is 38.3. The molecule has 6 nitrogen and oxygen atoms in total. The van der Waals surface area contributed by atoms with Gasteiger partial charge < -0.3 is 14.2 Å². The Morgan fingerprint density at radius 2 is 0.480 bits per heavy atom. The van der Waals surface area contributed by atoms with Crippen LogP contribution in [0.25, 0.3) is 0 Å². The minimum atomic E-state index is -0.802. The van der Waals surface area contributed by atoms with E-state index in [9.17, 15) is 14.4 Å². The highest BCUT2D eigenvalue weighted by Gasteiger charge is 2.19. The number of ether oxygens (including phenoxy) is 3. The van der Waals surface area contributed by atoms with E-state index in [-0.39, 0.29) is 31.1 Å². The molecule has 0 radical (unpaired) electrons. The first-order valence-electron chi connectivity index (χ1n) is 31.7. The Kier molecular flexibility index (Phi) is 59.8. The van der Waals surface area contributed by atoms with E-state index in [2.05, 4.69) is 118 Å². The van der Waals surface area contributed by atoms with Crippen LogP contribution in [0.15, 0.2) is 97.2 Å². The van der Waals surface area contributed by atoms with Crippen molar-refractivity contribution in [3.63, 3.8) is 0 Å². The summed E-state index contributed by atoms with van der Waals surface area (Å²) in [5.41, 5.74) is 0. The molecule has 0 aromatic heterocycles. The average Bonchev–Trinajstić information content (AvgIpc) is 3.41. The second kappa shape index (κ2) is 62.9. The predicted octanol–water partition coefficient (Wildman–Crippen LogP) is 21.7. The third-order valence-electron chi connectivity index (χ3n) is 13.5. The van der Waals surface area contributed by atoms with Crippen molar-refractivity contribution in [1.29, 1.82) is 0 Å². The number of carbonyl (C=O) groups excluding carboxylic acids is 3. The molecule has 430 valence electrons. The van der Waals surface area contributed by atoms with Crippen LogP contribution in [0.3, 0.4) is 0 Å². The van der Waals surface area contributed by atoms with Crippen LogP contribution in [-0.4, -0.2) is 37.2 Å². The molecule has 0 aliphatic carbocycles. The SMILES string of the molecule is CCCCC/C=C\C/C=C\C/C=C\C/C=C\CCCCCC(=O)OC[C@@H](COC(=O)CCCCCCCCC/C=C\CCCCCCCCCC)OC(=O)CCCCCCCC/C=C\C/C=C\C/C=C\CCCCC. The lowest BCUT2D eigenvalue weighted by Crippen LogP contribution is -2.30. The van der Waals surface area contributed by atoms with Gasteiger partial charge in [0, 0.05) is 19.3 Å². The van der Waals surface area contributed by atoms with Gasteiger partial charge in [0.15, 0.2) is 6.10 Å². The first-order chi connectivity index (χ1) is 37.0. The number of unbranched alkanes of at least 4 members (excludes halogenated alkanes) is 30. The molecule has 0 heterocycles. The number of carbonyl (C=O) groups is 3. The molecule has 0 aromatic rings. The summed E-state index contributed by atoms with van der Waals surface area (Å²) in [6.45, 7) is 6.57. The largest absolute Gasteiger partial charge is 0.462 e. The predicted molar refractivity (Wildman–Crippen MR) is 325 cm³/mol. The molecule has 0 bridgehead atoms. The second-order valence-electron chi connectivity index (χ2n) is 21.0. The molecule has 0 saturated heterocycles. The maximum Gasteiger partial charge on any atom is 0.306 e. The number of esters is 3. The standard InChI is InChI=1S/C69H118O6/c1-4-7-10-13-16-19-22-25-28-31-34-37-40-43-46-49-52-55-58-61-67(70)73-64-66(75-69(72)63-60-57-54-51-48-45-42-39-36-33-30-27-24-21-18-15-12-9-6-3)65-74-68(71)62-59-56-53-50-47-44-41-38-35-32-29-26-23-20-17-14-11-8-5-2/h16,18-19,21,25,27-28,30,32,34-37,39,43,46,66H,4-15,17,20,22-24,26,29,31,33,38,40-42,44-45,47-65H2,1-3H3/b19-16-,21-18-,28-25-,30-27-,35-32-,37-34-,39-36-,46-43-/t66-/m0/s1. The average molecular weight is 1040 g/mol. The van der Waals surface area contributed by atoms with Gasteiger partial charge in [-0.15, -0.1) is 0 Å². The molecular weight excluding hydrogens is 925 g/mol. The highest BCUT2D eigenvalue weighted by Crippen LogP contribution is 2.15. The third-order valence-corrected chi connectivity index (χ3v) is 13.5. The Morgan fingerprint density at radius 1 is 0.267 bits per heavy atom. The molecule has 75 heavy (non-hydrogen) atoms. The fraction of sp³-hybridized carbons (Fsp3) is 0.725. The zero-order chi connectivity index (χ0) is 54.3. The zero-order valence-corrected chi connectivity index (χ0v) is 49.3. The van der Waals surface area contributed by atoms with Crippen molar-refractivity contribution >= 4 is 17.9 Å². The van der Waals surface area contributed by atoms with Crippen LogP contribution in [0.5, 0.6) is 0 Å². The lowest BCUT2D eigenvalue weighted by molar-refractivity contribution is -0.167. The third kappa shape index (κ3) is 61.1. The summed E-state index contributed by atoms with van der Waals surface area (Å²) in [5.74, 6) is -0.936. The number of hydrogen-bond acceptors (Lipinski definition) is 6. The molecule has 0 aliphatic rings. The topological polar surface area (TPSA) is 78.9 Å². The van der Waals surface area contributed by atoms with E-state index in [1.807, 2.05) is 0 Å². The van der Waals surface area contributed by atoms with Crippen LogP contribution in [0, 0.1) is 0 Å². The van der Waals surface area contributed by atoms with Crippen LogP contribution in [0.1, 0.15) is 303 Å². The number of allylic oxidation sites excluding steroid dienone is 16. The molecule has 6 heteroatoms. The first kappa shape index (κ1) is 71.3. The molecule has 0 N–H and O–H groups in total. The van der Waals surface area contributed by atoms with Crippen LogP contribution in [0.2, 0.25) is 0 Å². The van der Waals surface area contributed by atoms with Gasteiger partial charge in [-0.05, 0) is 128 Å². The Morgan fingerprint density at radius 3 is 0.800 bits per heavy atom. The van der Waals surface area contributed by atoms with E-state index in [1.54, 1.807) is 0 Å². The Hall–Kier alpha value is -3.67. The van der Waals surface area contributed by atoms with E-state index in [1.165, 1.54) is 154 Å². The molecule has 0 fully saturated rings. The molecule has 0 unspecified atom stereocenters. The van der Waals surface area contributed by atoms with Crippen molar-refractivity contribution < 1.29 is 28.6 Å². The van der Waals surface area contributed by atoms with Gasteiger partial charge in [0.2, 0.25) is 0 Å². The van der Waals surface area contributed by atoms with Crippen LogP contribution in [0.4, 0.5) is 0 Å². The van der Waals surface area contributed by atoms with Gasteiger partial charge >= 0.3 is 17.9 Å². The maximum atomic E-state index is 12.9. The van der Waals surface area contributed by atoms with Gasteiger partial charge in [-0.3, -0.25) is 14.4 Å². The highest BCUT2D eigenvalue weighted by atomic mass is 16.6. The number of hydrogen-bond donors (Lipinski definition) is 0. The quantitative estimate of drug-likeness (QED) is 0.0261. The van der Waals surface area contributed by atoms with Crippen LogP contribution < -0.4 is 0 Å². The van der Waals surface area contributed by atoms with E-state index in [4.69, 9.17) is 14.2 Å². The lowest BCUT2D eigenvalue weighted by atomic mass is 10.1. The van der Waals surface area contributed by atoms with Gasteiger partial charge in [0.1, 0.15) is 13.2 Å². The first-order valence-corrected chi connectivity index (χ1v) is 31.7. The van der Waals surface area contributed by atoms with Gasteiger partial charge in [0.05, 0.1) is 0 Å². The summed E-state index contributed by atoms with van der Waals surface area (Å²) in [6, 6.07) is 0. The van der Waals surface area contributed by atoms with Crippen molar-refractivity contribution in [2.45, 2.75) is 309 Å². The lowest BCUT2D eigenvalue weighted by Gasteiger charge is -2.18. The molecule has 0 amide bonds. The second-order valence-corrected chi connectivity index (χ2v) is 21.0. The molecule has 0 aromatic carbocycles. The molecule has 1 atom stereocenters. The van der Waals surface area contributed by atoms with Crippen LogP contribution >= 0.6 is 0 Å². The van der Waals surface area contributed by atoms with Gasteiger partial charge in [-0.25, -0.2) is 0 Å². The van der Waals surface area contributed by atoms with Crippen molar-refractivity contribution in [3.8, 4) is 0 Å². The Labute approximate surface area is 464 Å². The van der Waals surface area contributed by atoms with E-state index >= 15 is 0 Å². The normalized spacial score (nSPS) is 12.7. The summed E-state index contributed by atoms with van der Waals surface area (Å²) in [5, 5.41) is 0.